The summed E-state index contributed by atoms with van der Waals surface area (Å²) < 4.78 is 23.3. The number of benzene rings is 8. The third-order valence-corrected chi connectivity index (χ3v) is 12.4. The van der Waals surface area contributed by atoms with Crippen molar-refractivity contribution in [3.63, 3.8) is 0 Å². The van der Waals surface area contributed by atoms with Crippen LogP contribution in [0.5, 0.6) is 0 Å². The molecule has 0 bridgehead atoms. The molecule has 0 spiro atoms. The monoisotopic (exact) mass is 688 g/mol. The molecule has 6 nitrogen and oxygen atoms in total. The molecule has 0 saturated carbocycles. The molecular weight excluding hydrogens is 665 g/mol. The Hall–Kier alpha value is -7.44. The summed E-state index contributed by atoms with van der Waals surface area (Å²) in [5.41, 5.74) is 17.3. The summed E-state index contributed by atoms with van der Waals surface area (Å²) in [4.78, 5) is 0. The van der Waals surface area contributed by atoms with E-state index in [1.807, 2.05) is 0 Å². The average Bonchev–Trinajstić information content (AvgIpc) is 3.95. The van der Waals surface area contributed by atoms with E-state index in [2.05, 4.69) is 163 Å². The summed E-state index contributed by atoms with van der Waals surface area (Å²) in [5.74, 6) is 0. The fourth-order valence-corrected chi connectivity index (χ4v) is 10.4. The van der Waals surface area contributed by atoms with Gasteiger partial charge in [0.1, 0.15) is 0 Å². The van der Waals surface area contributed by atoms with E-state index in [0.29, 0.717) is 0 Å². The van der Waals surface area contributed by atoms with Gasteiger partial charge in [-0.25, -0.2) is 0 Å². The van der Waals surface area contributed by atoms with E-state index in [1.165, 1.54) is 87.2 Å². The Morgan fingerprint density at radius 2 is 0.574 bits per heavy atom. The van der Waals surface area contributed by atoms with Crippen LogP contribution >= 0.6 is 0 Å². The van der Waals surface area contributed by atoms with E-state index in [9.17, 15) is 0 Å². The number of aromatic nitrogens is 4. The standard InChI is InChI=1S/C48H24N4O2/c1-3-15-33-25(11-1)29-23-31-27-13-9-21-39-41(27)51(35-17-5-7-19-37(35)53-39)45(31)47-43(29)49(33)48-44-30(26-12-2-4-16-34(26)50(44)47)24-32-28-14-10-22-40-42(28)52(46(32)48)36-18-6-8-20-38(36)54-40/h1-24H. The molecular formula is C48H24N4O2. The normalized spacial score (nSPS) is 13.2. The molecule has 7 heterocycles. The minimum absolute atomic E-state index is 0.860. The Morgan fingerprint density at radius 3 is 1.04 bits per heavy atom. The van der Waals surface area contributed by atoms with Crippen molar-refractivity contribution in [1.29, 1.82) is 0 Å². The smallest absolute Gasteiger partial charge is 0.152 e. The first kappa shape index (κ1) is 26.4. The molecule has 15 aromatic rings. The van der Waals surface area contributed by atoms with Gasteiger partial charge in [-0.05, 0) is 60.7 Å². The van der Waals surface area contributed by atoms with E-state index >= 15 is 0 Å². The van der Waals surface area contributed by atoms with Crippen molar-refractivity contribution in [2.75, 3.05) is 0 Å². The van der Waals surface area contributed by atoms with E-state index in [-0.39, 0.29) is 0 Å². The largest absolute Gasteiger partial charge is 0.453 e. The fraction of sp³-hybridized carbons (Fsp3) is 0. The van der Waals surface area contributed by atoms with Crippen molar-refractivity contribution >= 4 is 132 Å². The van der Waals surface area contributed by atoms with Crippen molar-refractivity contribution in [2.45, 2.75) is 0 Å². The zero-order valence-electron chi connectivity index (χ0n) is 28.5. The molecule has 0 radical (unpaired) electrons. The molecule has 0 aliphatic rings. The average molecular weight is 689 g/mol. The molecule has 0 saturated heterocycles. The lowest BCUT2D eigenvalue weighted by Crippen LogP contribution is -2.01. The first-order valence-electron chi connectivity index (χ1n) is 18.5. The molecule has 0 N–H and O–H groups in total. The van der Waals surface area contributed by atoms with Gasteiger partial charge < -0.3 is 26.4 Å². The van der Waals surface area contributed by atoms with Crippen molar-refractivity contribution in [3.8, 4) is 0 Å². The summed E-state index contributed by atoms with van der Waals surface area (Å²) in [6.07, 6.45) is 0. The molecule has 0 amide bonds. The second-order valence-corrected chi connectivity index (χ2v) is 14.9. The van der Waals surface area contributed by atoms with Crippen LogP contribution in [-0.4, -0.2) is 17.6 Å². The van der Waals surface area contributed by atoms with E-state index < -0.39 is 0 Å². The van der Waals surface area contributed by atoms with Gasteiger partial charge in [-0.2, -0.15) is 0 Å². The van der Waals surface area contributed by atoms with Gasteiger partial charge in [0, 0.05) is 43.1 Å². The van der Waals surface area contributed by atoms with Crippen LogP contribution in [0, 0.1) is 0 Å². The summed E-state index contributed by atoms with van der Waals surface area (Å²) in [6.45, 7) is 0. The Balaban J connectivity index is 1.39. The highest BCUT2D eigenvalue weighted by Gasteiger charge is 2.29. The minimum atomic E-state index is 0.860. The van der Waals surface area contributed by atoms with Crippen LogP contribution in [0.1, 0.15) is 0 Å². The fourth-order valence-electron chi connectivity index (χ4n) is 10.4. The van der Waals surface area contributed by atoms with E-state index in [0.717, 1.165) is 44.4 Å². The third kappa shape index (κ3) is 2.71. The molecule has 0 aliphatic heterocycles. The van der Waals surface area contributed by atoms with Crippen LogP contribution in [0.4, 0.5) is 0 Å². The first-order valence-corrected chi connectivity index (χ1v) is 18.5. The SMILES string of the molecule is c1ccc2c(c1)oc1cccc3c4cc5c6ccccc6n6c5c(c4n2c13)n1c2ccccc2c2cc3c4cccc5oc7ccccc7n(c54)c3c6c21. The molecule has 0 fully saturated rings. The second-order valence-electron chi connectivity index (χ2n) is 14.9. The van der Waals surface area contributed by atoms with Crippen LogP contribution in [0.3, 0.4) is 0 Å². The number of nitrogens with zero attached hydrogens (tertiary/aromatic N) is 4. The molecule has 0 aliphatic carbocycles. The number of hydrogen-bond acceptors (Lipinski definition) is 2. The highest BCUT2D eigenvalue weighted by atomic mass is 16.3. The third-order valence-electron chi connectivity index (χ3n) is 12.4. The molecule has 0 atom stereocenters. The number of hydrogen-bond donors (Lipinski definition) is 0. The minimum Gasteiger partial charge on any atom is -0.453 e. The van der Waals surface area contributed by atoms with Crippen molar-refractivity contribution in [1.82, 2.24) is 17.6 Å². The second kappa shape index (κ2) is 8.60. The molecule has 7 aromatic heterocycles. The predicted molar refractivity (Wildman–Crippen MR) is 221 cm³/mol. The topological polar surface area (TPSA) is 43.9 Å². The molecule has 54 heavy (non-hydrogen) atoms. The summed E-state index contributed by atoms with van der Waals surface area (Å²) in [7, 11) is 0. The van der Waals surface area contributed by atoms with E-state index in [4.69, 9.17) is 8.83 Å². The Kier molecular flexibility index (Phi) is 4.20. The molecule has 248 valence electrons. The number of para-hydroxylation sites is 8. The lowest BCUT2D eigenvalue weighted by molar-refractivity contribution is 0.655. The molecule has 8 aromatic carbocycles. The maximum absolute atomic E-state index is 6.61. The van der Waals surface area contributed by atoms with E-state index in [1.54, 1.807) is 0 Å². The summed E-state index contributed by atoms with van der Waals surface area (Å²) in [6, 6.07) is 52.6. The lowest BCUT2D eigenvalue weighted by atomic mass is 10.1. The summed E-state index contributed by atoms with van der Waals surface area (Å²) >= 11 is 0. The highest BCUT2D eigenvalue weighted by Crippen LogP contribution is 2.49. The van der Waals surface area contributed by atoms with Crippen molar-refractivity contribution in [2.24, 2.45) is 0 Å². The Bertz CT molecular complexity index is 3920. The Morgan fingerprint density at radius 1 is 0.241 bits per heavy atom. The van der Waals surface area contributed by atoms with Gasteiger partial charge in [0.25, 0.3) is 0 Å². The van der Waals surface area contributed by atoms with Gasteiger partial charge in [0.15, 0.2) is 22.3 Å². The van der Waals surface area contributed by atoms with Crippen LogP contribution in [-0.2, 0) is 0 Å². The maximum atomic E-state index is 6.61. The zero-order valence-corrected chi connectivity index (χ0v) is 28.5. The van der Waals surface area contributed by atoms with Crippen molar-refractivity contribution in [3.05, 3.63) is 146 Å². The quantitative estimate of drug-likeness (QED) is 0.149. The van der Waals surface area contributed by atoms with Gasteiger partial charge in [-0.15, -0.1) is 0 Å². The molecule has 0 unspecified atom stereocenters. The Labute approximate surface area is 302 Å². The van der Waals surface area contributed by atoms with Crippen LogP contribution in [0.25, 0.3) is 132 Å². The van der Waals surface area contributed by atoms with Crippen LogP contribution in [0.2, 0.25) is 0 Å². The zero-order chi connectivity index (χ0) is 34.6. The van der Waals surface area contributed by atoms with Crippen LogP contribution in [0.15, 0.2) is 154 Å². The van der Waals surface area contributed by atoms with Gasteiger partial charge in [0.05, 0.1) is 66.2 Å². The van der Waals surface area contributed by atoms with Gasteiger partial charge in [0.2, 0.25) is 0 Å². The number of fused-ring (bicyclic) bond motifs is 20. The number of rotatable bonds is 0. The predicted octanol–water partition coefficient (Wildman–Crippen LogP) is 12.9. The molecule has 15 rings (SSSR count). The van der Waals surface area contributed by atoms with Gasteiger partial charge in [-0.1, -0.05) is 84.9 Å². The lowest BCUT2D eigenvalue weighted by Gasteiger charge is -2.15. The van der Waals surface area contributed by atoms with Crippen molar-refractivity contribution < 1.29 is 8.83 Å². The highest BCUT2D eigenvalue weighted by molar-refractivity contribution is 6.34. The van der Waals surface area contributed by atoms with Gasteiger partial charge >= 0.3 is 0 Å². The maximum Gasteiger partial charge on any atom is 0.152 e. The first-order chi connectivity index (χ1) is 26.8. The van der Waals surface area contributed by atoms with Gasteiger partial charge in [-0.3, -0.25) is 0 Å². The van der Waals surface area contributed by atoms with Crippen LogP contribution < -0.4 is 0 Å². The summed E-state index contributed by atoms with van der Waals surface area (Å²) in [5, 5.41) is 9.74. The molecule has 6 heteroatoms.